The highest BCUT2D eigenvalue weighted by molar-refractivity contribution is 5.94. The number of benzene rings is 1. The monoisotopic (exact) mass is 334 g/mol. The van der Waals surface area contributed by atoms with Crippen LogP contribution in [0.3, 0.4) is 0 Å². The number of carbonyl (C=O) groups is 3. The lowest BCUT2D eigenvalue weighted by molar-refractivity contribution is -0.147. The SMILES string of the molecule is COC(=O)c1ccc(NC(=O)CN2CCC(C(=O)OC)CC2)cc1. The molecule has 1 aliphatic rings. The molecule has 1 amide bonds. The summed E-state index contributed by atoms with van der Waals surface area (Å²) in [6.45, 7) is 1.65. The summed E-state index contributed by atoms with van der Waals surface area (Å²) in [5, 5.41) is 2.79. The molecule has 1 saturated heterocycles. The molecule has 0 aromatic heterocycles. The van der Waals surface area contributed by atoms with Gasteiger partial charge in [-0.1, -0.05) is 0 Å². The van der Waals surface area contributed by atoms with E-state index in [-0.39, 0.29) is 24.3 Å². The third-order valence-corrected chi connectivity index (χ3v) is 4.08. The minimum absolute atomic E-state index is 0.0693. The molecule has 0 atom stereocenters. The zero-order chi connectivity index (χ0) is 17.5. The van der Waals surface area contributed by atoms with Gasteiger partial charge in [-0.25, -0.2) is 4.79 Å². The smallest absolute Gasteiger partial charge is 0.337 e. The number of methoxy groups -OCH3 is 2. The minimum Gasteiger partial charge on any atom is -0.469 e. The van der Waals surface area contributed by atoms with Crippen molar-refractivity contribution in [1.82, 2.24) is 4.90 Å². The predicted octanol–water partition coefficient (Wildman–Crippen LogP) is 1.30. The summed E-state index contributed by atoms with van der Waals surface area (Å²) in [6, 6.07) is 6.52. The molecule has 0 spiro atoms. The van der Waals surface area contributed by atoms with Gasteiger partial charge in [0.25, 0.3) is 0 Å². The van der Waals surface area contributed by atoms with E-state index in [1.807, 2.05) is 4.90 Å². The Hall–Kier alpha value is -2.41. The second-order valence-electron chi connectivity index (χ2n) is 5.69. The van der Waals surface area contributed by atoms with Gasteiger partial charge in [0.2, 0.25) is 5.91 Å². The summed E-state index contributed by atoms with van der Waals surface area (Å²) in [5.41, 5.74) is 1.05. The zero-order valence-corrected chi connectivity index (χ0v) is 13.9. The largest absolute Gasteiger partial charge is 0.469 e. The van der Waals surface area contributed by atoms with Crippen molar-refractivity contribution in [3.63, 3.8) is 0 Å². The Labute approximate surface area is 140 Å². The summed E-state index contributed by atoms with van der Waals surface area (Å²) in [7, 11) is 2.72. The molecular weight excluding hydrogens is 312 g/mol. The number of hydrogen-bond acceptors (Lipinski definition) is 6. The van der Waals surface area contributed by atoms with Crippen LogP contribution in [0.2, 0.25) is 0 Å². The fourth-order valence-electron chi connectivity index (χ4n) is 2.70. The van der Waals surface area contributed by atoms with E-state index in [1.54, 1.807) is 24.3 Å². The van der Waals surface area contributed by atoms with Crippen molar-refractivity contribution in [3.05, 3.63) is 29.8 Å². The van der Waals surface area contributed by atoms with Gasteiger partial charge in [0.1, 0.15) is 0 Å². The van der Waals surface area contributed by atoms with E-state index >= 15 is 0 Å². The van der Waals surface area contributed by atoms with Crippen LogP contribution in [0.1, 0.15) is 23.2 Å². The summed E-state index contributed by atoms with van der Waals surface area (Å²) in [6.07, 6.45) is 1.40. The number of amides is 1. The first-order chi connectivity index (χ1) is 11.5. The lowest BCUT2D eigenvalue weighted by Gasteiger charge is -2.29. The molecule has 0 aliphatic carbocycles. The number of anilines is 1. The second-order valence-corrected chi connectivity index (χ2v) is 5.69. The maximum atomic E-state index is 12.1. The molecule has 7 nitrogen and oxygen atoms in total. The molecule has 24 heavy (non-hydrogen) atoms. The molecule has 1 heterocycles. The third-order valence-electron chi connectivity index (χ3n) is 4.08. The lowest BCUT2D eigenvalue weighted by atomic mass is 9.97. The first kappa shape index (κ1) is 17.9. The Morgan fingerprint density at radius 2 is 1.71 bits per heavy atom. The fraction of sp³-hybridized carbons (Fsp3) is 0.471. The van der Waals surface area contributed by atoms with Gasteiger partial charge in [-0.05, 0) is 50.2 Å². The van der Waals surface area contributed by atoms with Crippen LogP contribution in [-0.2, 0) is 19.1 Å². The third kappa shape index (κ3) is 4.79. The summed E-state index contributed by atoms with van der Waals surface area (Å²) < 4.78 is 9.38. The fourth-order valence-corrected chi connectivity index (χ4v) is 2.70. The van der Waals surface area contributed by atoms with E-state index in [9.17, 15) is 14.4 Å². The molecular formula is C17H22N2O5. The van der Waals surface area contributed by atoms with Gasteiger partial charge in [0, 0.05) is 5.69 Å². The molecule has 130 valence electrons. The number of nitrogens with zero attached hydrogens (tertiary/aromatic N) is 1. The van der Waals surface area contributed by atoms with Crippen molar-refractivity contribution in [2.75, 3.05) is 39.2 Å². The van der Waals surface area contributed by atoms with Crippen molar-refractivity contribution in [3.8, 4) is 0 Å². The van der Waals surface area contributed by atoms with Crippen molar-refractivity contribution >= 4 is 23.5 Å². The topological polar surface area (TPSA) is 84.9 Å². The molecule has 7 heteroatoms. The van der Waals surface area contributed by atoms with Crippen LogP contribution in [0, 0.1) is 5.92 Å². The van der Waals surface area contributed by atoms with Gasteiger partial charge < -0.3 is 14.8 Å². The zero-order valence-electron chi connectivity index (χ0n) is 13.9. The van der Waals surface area contributed by atoms with Crippen LogP contribution in [0.15, 0.2) is 24.3 Å². The highest BCUT2D eigenvalue weighted by Crippen LogP contribution is 2.18. The number of hydrogen-bond donors (Lipinski definition) is 1. The van der Waals surface area contributed by atoms with Crippen molar-refractivity contribution in [2.45, 2.75) is 12.8 Å². The first-order valence-corrected chi connectivity index (χ1v) is 7.82. The van der Waals surface area contributed by atoms with Crippen LogP contribution < -0.4 is 5.32 Å². The predicted molar refractivity (Wildman–Crippen MR) is 87.6 cm³/mol. The summed E-state index contributed by atoms with van der Waals surface area (Å²) in [5.74, 6) is -0.788. The Balaban J connectivity index is 1.79. The molecule has 0 saturated carbocycles. The van der Waals surface area contributed by atoms with E-state index in [4.69, 9.17) is 4.74 Å². The van der Waals surface area contributed by atoms with Crippen molar-refractivity contribution < 1.29 is 23.9 Å². The Morgan fingerprint density at radius 3 is 2.25 bits per heavy atom. The summed E-state index contributed by atoms with van der Waals surface area (Å²) in [4.78, 5) is 36.9. The van der Waals surface area contributed by atoms with Crippen molar-refractivity contribution in [1.29, 1.82) is 0 Å². The van der Waals surface area contributed by atoms with E-state index in [0.29, 0.717) is 37.2 Å². The number of ether oxygens (including phenoxy) is 2. The molecule has 1 aliphatic heterocycles. The first-order valence-electron chi connectivity index (χ1n) is 7.82. The number of rotatable bonds is 5. The molecule has 0 bridgehead atoms. The van der Waals surface area contributed by atoms with Gasteiger partial charge in [-0.2, -0.15) is 0 Å². The number of esters is 2. The lowest BCUT2D eigenvalue weighted by Crippen LogP contribution is -2.41. The number of piperidine rings is 1. The molecule has 0 radical (unpaired) electrons. The Morgan fingerprint density at radius 1 is 1.08 bits per heavy atom. The molecule has 1 aromatic rings. The molecule has 0 unspecified atom stereocenters. The highest BCUT2D eigenvalue weighted by atomic mass is 16.5. The van der Waals surface area contributed by atoms with Crippen LogP contribution in [0.5, 0.6) is 0 Å². The quantitative estimate of drug-likeness (QED) is 0.817. The van der Waals surface area contributed by atoms with Gasteiger partial charge in [-0.15, -0.1) is 0 Å². The van der Waals surface area contributed by atoms with E-state index in [1.165, 1.54) is 14.2 Å². The number of carbonyl (C=O) groups excluding carboxylic acids is 3. The maximum absolute atomic E-state index is 12.1. The molecule has 1 fully saturated rings. The summed E-state index contributed by atoms with van der Waals surface area (Å²) >= 11 is 0. The van der Waals surface area contributed by atoms with Gasteiger partial charge in [-0.3, -0.25) is 14.5 Å². The maximum Gasteiger partial charge on any atom is 0.337 e. The molecule has 2 rings (SSSR count). The van der Waals surface area contributed by atoms with Crippen LogP contribution in [-0.4, -0.2) is 56.6 Å². The Bertz CT molecular complexity index is 592. The minimum atomic E-state index is -0.415. The second kappa shape index (κ2) is 8.44. The van der Waals surface area contributed by atoms with E-state index < -0.39 is 5.97 Å². The molecule has 1 N–H and O–H groups in total. The number of likely N-dealkylation sites (tertiary alicyclic amines) is 1. The van der Waals surface area contributed by atoms with Gasteiger partial charge in [0.15, 0.2) is 0 Å². The van der Waals surface area contributed by atoms with Crippen molar-refractivity contribution in [2.24, 2.45) is 5.92 Å². The standard InChI is InChI=1S/C17H22N2O5/c1-23-16(21)12-3-5-14(6-4-12)18-15(20)11-19-9-7-13(8-10-19)17(22)24-2/h3-6,13H,7-11H2,1-2H3,(H,18,20). The van der Waals surface area contributed by atoms with Gasteiger partial charge in [0.05, 0.1) is 32.2 Å². The molecule has 1 aromatic carbocycles. The average Bonchev–Trinajstić information content (AvgIpc) is 2.61. The number of nitrogens with one attached hydrogen (secondary N) is 1. The van der Waals surface area contributed by atoms with Crippen LogP contribution >= 0.6 is 0 Å². The Kier molecular flexibility index (Phi) is 6.31. The van der Waals surface area contributed by atoms with Gasteiger partial charge >= 0.3 is 11.9 Å². The van der Waals surface area contributed by atoms with Crippen LogP contribution in [0.4, 0.5) is 5.69 Å². The normalized spacial score (nSPS) is 15.6. The van der Waals surface area contributed by atoms with E-state index in [2.05, 4.69) is 10.1 Å². The van der Waals surface area contributed by atoms with E-state index in [0.717, 1.165) is 0 Å². The van der Waals surface area contributed by atoms with Crippen LogP contribution in [0.25, 0.3) is 0 Å². The highest BCUT2D eigenvalue weighted by Gasteiger charge is 2.26. The average molecular weight is 334 g/mol.